The number of nitrogens with zero attached hydrogens (tertiary/aromatic N) is 4. The molecule has 0 aliphatic carbocycles. The number of fused-ring (bicyclic) bond motifs is 1. The molecule has 8 heteroatoms. The number of nitrogens with one attached hydrogen (secondary N) is 1. The van der Waals surface area contributed by atoms with E-state index in [0.29, 0.717) is 12.3 Å². The lowest BCUT2D eigenvalue weighted by Crippen LogP contribution is -2.45. The van der Waals surface area contributed by atoms with Gasteiger partial charge in [-0.3, -0.25) is 4.79 Å². The van der Waals surface area contributed by atoms with Crippen LogP contribution in [0.4, 0.5) is 5.13 Å². The summed E-state index contributed by atoms with van der Waals surface area (Å²) in [7, 11) is 1.83. The standard InChI is InChI=1S/C19H23N5O2S/c1-3-26-14-4-5-15-17(10-14)27-19(22-15)24-8-6-13(7-9-24)21-18(25)16-11-20-12-23(16)2/h4-5,10-13H,3,6-9H2,1-2H3,(H,21,25). The molecule has 0 saturated carbocycles. The smallest absolute Gasteiger partial charge is 0.269 e. The molecule has 3 aromatic rings. The number of piperidine rings is 1. The van der Waals surface area contributed by atoms with Crippen molar-refractivity contribution in [3.63, 3.8) is 0 Å². The zero-order chi connectivity index (χ0) is 18.8. The number of benzene rings is 1. The number of anilines is 1. The van der Waals surface area contributed by atoms with Gasteiger partial charge in [-0.1, -0.05) is 11.3 Å². The first-order valence-corrected chi connectivity index (χ1v) is 10.0. The summed E-state index contributed by atoms with van der Waals surface area (Å²) < 4.78 is 8.46. The van der Waals surface area contributed by atoms with Crippen molar-refractivity contribution >= 4 is 32.6 Å². The van der Waals surface area contributed by atoms with Crippen molar-refractivity contribution in [2.75, 3.05) is 24.6 Å². The number of rotatable bonds is 5. The van der Waals surface area contributed by atoms with Gasteiger partial charge in [-0.25, -0.2) is 9.97 Å². The number of aryl methyl sites for hydroxylation is 1. The van der Waals surface area contributed by atoms with Crippen LogP contribution in [0.15, 0.2) is 30.7 Å². The molecule has 27 heavy (non-hydrogen) atoms. The van der Waals surface area contributed by atoms with Gasteiger partial charge in [0, 0.05) is 26.2 Å². The predicted molar refractivity (Wildman–Crippen MR) is 107 cm³/mol. The van der Waals surface area contributed by atoms with Crippen LogP contribution in [0.1, 0.15) is 30.3 Å². The molecule has 0 bridgehead atoms. The first-order chi connectivity index (χ1) is 13.1. The topological polar surface area (TPSA) is 72.3 Å². The van der Waals surface area contributed by atoms with Gasteiger partial charge in [0.25, 0.3) is 5.91 Å². The molecule has 4 rings (SSSR count). The third kappa shape index (κ3) is 3.75. The van der Waals surface area contributed by atoms with E-state index in [0.717, 1.165) is 47.0 Å². The summed E-state index contributed by atoms with van der Waals surface area (Å²) in [6.07, 6.45) is 5.05. The lowest BCUT2D eigenvalue weighted by atomic mass is 10.1. The molecule has 0 radical (unpaired) electrons. The fraction of sp³-hybridized carbons (Fsp3) is 0.421. The van der Waals surface area contributed by atoms with Gasteiger partial charge in [0.1, 0.15) is 11.4 Å². The quantitative estimate of drug-likeness (QED) is 0.731. The molecule has 1 aliphatic heterocycles. The van der Waals surface area contributed by atoms with E-state index in [-0.39, 0.29) is 11.9 Å². The number of carbonyl (C=O) groups excluding carboxylic acids is 1. The van der Waals surface area contributed by atoms with Crippen LogP contribution >= 0.6 is 11.3 Å². The number of amides is 1. The molecule has 0 atom stereocenters. The van der Waals surface area contributed by atoms with E-state index < -0.39 is 0 Å². The minimum absolute atomic E-state index is 0.0584. The number of hydrogen-bond acceptors (Lipinski definition) is 6. The Labute approximate surface area is 162 Å². The number of carbonyl (C=O) groups is 1. The van der Waals surface area contributed by atoms with Gasteiger partial charge >= 0.3 is 0 Å². The van der Waals surface area contributed by atoms with Crippen LogP contribution < -0.4 is 15.0 Å². The molecule has 7 nitrogen and oxygen atoms in total. The second-order valence-electron chi connectivity index (χ2n) is 6.68. The Morgan fingerprint density at radius 1 is 1.37 bits per heavy atom. The minimum atomic E-state index is -0.0584. The molecule has 1 N–H and O–H groups in total. The van der Waals surface area contributed by atoms with Crippen LogP contribution in [-0.2, 0) is 7.05 Å². The SMILES string of the molecule is CCOc1ccc2nc(N3CCC(NC(=O)c4cncn4C)CC3)sc2c1. The normalized spacial score (nSPS) is 15.3. The van der Waals surface area contributed by atoms with Crippen molar-refractivity contribution in [2.24, 2.45) is 7.05 Å². The number of thiazole rings is 1. The maximum Gasteiger partial charge on any atom is 0.269 e. The van der Waals surface area contributed by atoms with Gasteiger partial charge in [0.15, 0.2) is 5.13 Å². The summed E-state index contributed by atoms with van der Waals surface area (Å²) in [6, 6.07) is 6.22. The zero-order valence-corrected chi connectivity index (χ0v) is 16.3. The van der Waals surface area contributed by atoms with Gasteiger partial charge in [-0.15, -0.1) is 0 Å². The van der Waals surface area contributed by atoms with E-state index >= 15 is 0 Å². The minimum Gasteiger partial charge on any atom is -0.494 e. The monoisotopic (exact) mass is 385 g/mol. The Kier molecular flexibility index (Phi) is 4.98. The molecule has 2 aromatic heterocycles. The third-order valence-corrected chi connectivity index (χ3v) is 5.89. The third-order valence-electron chi connectivity index (χ3n) is 4.81. The average Bonchev–Trinajstić information content (AvgIpc) is 3.28. The molecule has 1 aliphatic rings. The maximum absolute atomic E-state index is 12.3. The largest absolute Gasteiger partial charge is 0.494 e. The van der Waals surface area contributed by atoms with Crippen molar-refractivity contribution < 1.29 is 9.53 Å². The zero-order valence-electron chi connectivity index (χ0n) is 15.5. The molecule has 1 saturated heterocycles. The van der Waals surface area contributed by atoms with Crippen LogP contribution in [0.25, 0.3) is 10.2 Å². The Hall–Kier alpha value is -2.61. The van der Waals surface area contributed by atoms with Crippen LogP contribution in [0.3, 0.4) is 0 Å². The van der Waals surface area contributed by atoms with E-state index in [4.69, 9.17) is 9.72 Å². The predicted octanol–water partition coefficient (Wildman–Crippen LogP) is 2.83. The van der Waals surface area contributed by atoms with Gasteiger partial charge in [-0.05, 0) is 38.0 Å². The number of aromatic nitrogens is 3. The summed E-state index contributed by atoms with van der Waals surface area (Å²) in [5.74, 6) is 0.827. The lowest BCUT2D eigenvalue weighted by molar-refractivity contribution is 0.0923. The summed E-state index contributed by atoms with van der Waals surface area (Å²) in [4.78, 5) is 23.4. The van der Waals surface area contributed by atoms with Crippen molar-refractivity contribution in [1.29, 1.82) is 0 Å². The highest BCUT2D eigenvalue weighted by Crippen LogP contribution is 2.32. The number of imidazole rings is 1. The van der Waals surface area contributed by atoms with Crippen molar-refractivity contribution in [1.82, 2.24) is 19.9 Å². The van der Waals surface area contributed by atoms with Crippen molar-refractivity contribution in [3.05, 3.63) is 36.4 Å². The summed E-state index contributed by atoms with van der Waals surface area (Å²) in [6.45, 7) is 4.41. The maximum atomic E-state index is 12.3. The summed E-state index contributed by atoms with van der Waals surface area (Å²) >= 11 is 1.69. The first-order valence-electron chi connectivity index (χ1n) is 9.19. The second-order valence-corrected chi connectivity index (χ2v) is 7.69. The molecule has 1 aromatic carbocycles. The second kappa shape index (κ2) is 7.56. The van der Waals surface area contributed by atoms with Crippen LogP contribution in [0, 0.1) is 0 Å². The van der Waals surface area contributed by atoms with E-state index in [1.54, 1.807) is 28.4 Å². The van der Waals surface area contributed by atoms with Gasteiger partial charge in [0.05, 0.1) is 29.3 Å². The van der Waals surface area contributed by atoms with Crippen LogP contribution in [0.5, 0.6) is 5.75 Å². The number of ether oxygens (including phenoxy) is 1. The van der Waals surface area contributed by atoms with E-state index in [1.807, 2.05) is 26.1 Å². The van der Waals surface area contributed by atoms with Gasteiger partial charge < -0.3 is 19.5 Å². The van der Waals surface area contributed by atoms with Crippen LogP contribution in [-0.4, -0.2) is 46.2 Å². The average molecular weight is 385 g/mol. The molecular weight excluding hydrogens is 362 g/mol. The molecule has 3 heterocycles. The molecule has 142 valence electrons. The highest BCUT2D eigenvalue weighted by molar-refractivity contribution is 7.22. The molecule has 1 amide bonds. The summed E-state index contributed by atoms with van der Waals surface area (Å²) in [5.41, 5.74) is 1.60. The Bertz CT molecular complexity index is 943. The Morgan fingerprint density at radius 2 is 2.19 bits per heavy atom. The van der Waals surface area contributed by atoms with E-state index in [9.17, 15) is 4.79 Å². The molecular formula is C19H23N5O2S. The van der Waals surface area contributed by atoms with E-state index in [2.05, 4.69) is 21.3 Å². The highest BCUT2D eigenvalue weighted by Gasteiger charge is 2.24. The molecule has 0 unspecified atom stereocenters. The number of hydrogen-bond donors (Lipinski definition) is 1. The Morgan fingerprint density at radius 3 is 2.89 bits per heavy atom. The molecule has 1 fully saturated rings. The lowest BCUT2D eigenvalue weighted by Gasteiger charge is -2.32. The Balaban J connectivity index is 1.38. The fourth-order valence-corrected chi connectivity index (χ4v) is 4.38. The van der Waals surface area contributed by atoms with Gasteiger partial charge in [-0.2, -0.15) is 0 Å². The van der Waals surface area contributed by atoms with Gasteiger partial charge in [0.2, 0.25) is 0 Å². The first kappa shape index (κ1) is 17.8. The van der Waals surface area contributed by atoms with Crippen LogP contribution in [0.2, 0.25) is 0 Å². The van der Waals surface area contributed by atoms with E-state index in [1.165, 1.54) is 0 Å². The van der Waals surface area contributed by atoms with Crippen molar-refractivity contribution in [2.45, 2.75) is 25.8 Å². The summed E-state index contributed by atoms with van der Waals surface area (Å²) in [5, 5.41) is 4.16. The fourth-order valence-electron chi connectivity index (χ4n) is 3.33. The highest BCUT2D eigenvalue weighted by atomic mass is 32.1. The molecule has 0 spiro atoms. The van der Waals surface area contributed by atoms with Crippen molar-refractivity contribution in [3.8, 4) is 5.75 Å².